The third-order valence-electron chi connectivity index (χ3n) is 3.25. The molecule has 0 fully saturated rings. The van der Waals surface area contributed by atoms with Crippen LogP contribution in [0.3, 0.4) is 0 Å². The minimum Gasteiger partial charge on any atom is -0.494 e. The molecule has 0 unspecified atom stereocenters. The van der Waals surface area contributed by atoms with Gasteiger partial charge in [0.05, 0.1) is 12.3 Å². The van der Waals surface area contributed by atoms with Crippen molar-refractivity contribution in [2.75, 3.05) is 6.61 Å². The molecule has 1 aromatic carbocycles. The summed E-state index contributed by atoms with van der Waals surface area (Å²) in [6, 6.07) is 12.3. The number of nitrogens with zero attached hydrogens (tertiary/aromatic N) is 1. The van der Waals surface area contributed by atoms with E-state index in [0.717, 1.165) is 31.0 Å². The van der Waals surface area contributed by atoms with E-state index in [1.165, 1.54) is 11.1 Å². The standard InChI is InChI=1S/C17H22N2O/c1-3-14-9-7-11-19-16(14)13-18-12-15-8-5-6-10-17(15)20-4-2/h5-11,18H,3-4,12-13H2,1-2H3. The number of benzene rings is 1. The number of aromatic nitrogens is 1. The summed E-state index contributed by atoms with van der Waals surface area (Å²) in [6.07, 6.45) is 2.87. The topological polar surface area (TPSA) is 34.1 Å². The van der Waals surface area contributed by atoms with Gasteiger partial charge in [0, 0.05) is 24.8 Å². The Labute approximate surface area is 121 Å². The molecule has 0 amide bonds. The molecular formula is C17H22N2O. The van der Waals surface area contributed by atoms with Gasteiger partial charge < -0.3 is 10.1 Å². The SMILES string of the molecule is CCOc1ccccc1CNCc1ncccc1CC. The van der Waals surface area contributed by atoms with Crippen LogP contribution in [-0.4, -0.2) is 11.6 Å². The van der Waals surface area contributed by atoms with Crippen molar-refractivity contribution in [3.05, 3.63) is 59.4 Å². The Hall–Kier alpha value is -1.87. The molecule has 0 aliphatic carbocycles. The summed E-state index contributed by atoms with van der Waals surface area (Å²) < 4.78 is 5.63. The van der Waals surface area contributed by atoms with Crippen molar-refractivity contribution in [1.29, 1.82) is 0 Å². The van der Waals surface area contributed by atoms with Gasteiger partial charge in [-0.05, 0) is 31.0 Å². The normalized spacial score (nSPS) is 10.5. The number of pyridine rings is 1. The summed E-state index contributed by atoms with van der Waals surface area (Å²) in [6.45, 7) is 6.42. The molecule has 0 radical (unpaired) electrons. The van der Waals surface area contributed by atoms with Crippen molar-refractivity contribution >= 4 is 0 Å². The maximum Gasteiger partial charge on any atom is 0.123 e. The Morgan fingerprint density at radius 2 is 1.80 bits per heavy atom. The van der Waals surface area contributed by atoms with E-state index in [9.17, 15) is 0 Å². The molecule has 20 heavy (non-hydrogen) atoms. The summed E-state index contributed by atoms with van der Waals surface area (Å²) in [7, 11) is 0. The molecule has 106 valence electrons. The number of ether oxygens (including phenoxy) is 1. The van der Waals surface area contributed by atoms with Gasteiger partial charge in [-0.2, -0.15) is 0 Å². The van der Waals surface area contributed by atoms with Gasteiger partial charge in [0.2, 0.25) is 0 Å². The second-order valence-corrected chi connectivity index (χ2v) is 4.61. The Balaban J connectivity index is 1.96. The largest absolute Gasteiger partial charge is 0.494 e. The summed E-state index contributed by atoms with van der Waals surface area (Å²) in [5.74, 6) is 0.958. The van der Waals surface area contributed by atoms with E-state index in [1.54, 1.807) is 0 Å². The molecule has 1 N–H and O–H groups in total. The Morgan fingerprint density at radius 3 is 2.60 bits per heavy atom. The van der Waals surface area contributed by atoms with Crippen molar-refractivity contribution in [1.82, 2.24) is 10.3 Å². The highest BCUT2D eigenvalue weighted by molar-refractivity contribution is 5.33. The molecule has 1 heterocycles. The fraction of sp³-hybridized carbons (Fsp3) is 0.353. The molecule has 3 nitrogen and oxygen atoms in total. The van der Waals surface area contributed by atoms with Gasteiger partial charge in [-0.25, -0.2) is 0 Å². The first-order valence-corrected chi connectivity index (χ1v) is 7.19. The molecular weight excluding hydrogens is 248 g/mol. The highest BCUT2D eigenvalue weighted by Crippen LogP contribution is 2.17. The highest BCUT2D eigenvalue weighted by Gasteiger charge is 2.04. The molecule has 0 bridgehead atoms. The maximum atomic E-state index is 5.63. The molecule has 0 aliphatic rings. The predicted octanol–water partition coefficient (Wildman–Crippen LogP) is 3.33. The molecule has 1 aromatic heterocycles. The lowest BCUT2D eigenvalue weighted by Crippen LogP contribution is -2.15. The van der Waals surface area contributed by atoms with E-state index in [-0.39, 0.29) is 0 Å². The third-order valence-corrected chi connectivity index (χ3v) is 3.25. The zero-order valence-corrected chi connectivity index (χ0v) is 12.2. The fourth-order valence-corrected chi connectivity index (χ4v) is 2.21. The van der Waals surface area contributed by atoms with Gasteiger partial charge in [-0.1, -0.05) is 31.2 Å². The number of hydrogen-bond donors (Lipinski definition) is 1. The van der Waals surface area contributed by atoms with Gasteiger partial charge in [-0.3, -0.25) is 4.98 Å². The predicted molar refractivity (Wildman–Crippen MR) is 81.8 cm³/mol. The zero-order valence-electron chi connectivity index (χ0n) is 12.2. The van der Waals surface area contributed by atoms with Crippen LogP contribution in [-0.2, 0) is 19.5 Å². The number of para-hydroxylation sites is 1. The third kappa shape index (κ3) is 3.81. The van der Waals surface area contributed by atoms with E-state index in [4.69, 9.17) is 4.74 Å². The smallest absolute Gasteiger partial charge is 0.123 e. The summed E-state index contributed by atoms with van der Waals surface area (Å²) in [4.78, 5) is 4.45. The molecule has 2 rings (SSSR count). The summed E-state index contributed by atoms with van der Waals surface area (Å²) in [5.41, 5.74) is 3.62. The quantitative estimate of drug-likeness (QED) is 0.838. The van der Waals surface area contributed by atoms with Crippen LogP contribution >= 0.6 is 0 Å². The van der Waals surface area contributed by atoms with Crippen molar-refractivity contribution < 1.29 is 4.74 Å². The van der Waals surface area contributed by atoms with Gasteiger partial charge in [-0.15, -0.1) is 0 Å². The van der Waals surface area contributed by atoms with Crippen LogP contribution in [0.15, 0.2) is 42.6 Å². The first-order valence-electron chi connectivity index (χ1n) is 7.19. The van der Waals surface area contributed by atoms with Crippen LogP contribution in [0.1, 0.15) is 30.7 Å². The lowest BCUT2D eigenvalue weighted by atomic mass is 10.1. The van der Waals surface area contributed by atoms with E-state index in [2.05, 4.69) is 29.4 Å². The maximum absolute atomic E-state index is 5.63. The molecule has 0 aliphatic heterocycles. The van der Waals surface area contributed by atoms with Crippen molar-refractivity contribution in [3.8, 4) is 5.75 Å². The van der Waals surface area contributed by atoms with Crippen LogP contribution in [0, 0.1) is 0 Å². The zero-order chi connectivity index (χ0) is 14.2. The van der Waals surface area contributed by atoms with E-state index in [0.29, 0.717) is 6.61 Å². The lowest BCUT2D eigenvalue weighted by molar-refractivity contribution is 0.335. The van der Waals surface area contributed by atoms with E-state index in [1.807, 2.05) is 37.4 Å². The summed E-state index contributed by atoms with van der Waals surface area (Å²) in [5, 5.41) is 3.45. The fourth-order valence-electron chi connectivity index (χ4n) is 2.21. The first-order chi connectivity index (χ1) is 9.85. The van der Waals surface area contributed by atoms with Crippen LogP contribution in [0.2, 0.25) is 0 Å². The minimum absolute atomic E-state index is 0.692. The van der Waals surface area contributed by atoms with Crippen LogP contribution in [0.4, 0.5) is 0 Å². The van der Waals surface area contributed by atoms with Gasteiger partial charge in [0.15, 0.2) is 0 Å². The Morgan fingerprint density at radius 1 is 1.00 bits per heavy atom. The number of aryl methyl sites for hydroxylation is 1. The van der Waals surface area contributed by atoms with Crippen LogP contribution < -0.4 is 10.1 Å². The summed E-state index contributed by atoms with van der Waals surface area (Å²) >= 11 is 0. The molecule has 2 aromatic rings. The van der Waals surface area contributed by atoms with Gasteiger partial charge in [0.25, 0.3) is 0 Å². The Bertz CT molecular complexity index is 540. The van der Waals surface area contributed by atoms with Gasteiger partial charge in [0.1, 0.15) is 5.75 Å². The number of nitrogens with one attached hydrogen (secondary N) is 1. The molecule has 0 saturated heterocycles. The lowest BCUT2D eigenvalue weighted by Gasteiger charge is -2.11. The number of rotatable bonds is 7. The molecule has 0 atom stereocenters. The minimum atomic E-state index is 0.692. The molecule has 0 saturated carbocycles. The number of hydrogen-bond acceptors (Lipinski definition) is 3. The average molecular weight is 270 g/mol. The van der Waals surface area contributed by atoms with Crippen LogP contribution in [0.5, 0.6) is 5.75 Å². The van der Waals surface area contributed by atoms with Crippen molar-refractivity contribution in [2.45, 2.75) is 33.4 Å². The van der Waals surface area contributed by atoms with Crippen molar-refractivity contribution in [3.63, 3.8) is 0 Å². The van der Waals surface area contributed by atoms with Crippen LogP contribution in [0.25, 0.3) is 0 Å². The first kappa shape index (κ1) is 14.5. The second kappa shape index (κ2) is 7.65. The average Bonchev–Trinajstić information content (AvgIpc) is 2.50. The van der Waals surface area contributed by atoms with E-state index < -0.39 is 0 Å². The van der Waals surface area contributed by atoms with E-state index >= 15 is 0 Å². The van der Waals surface area contributed by atoms with Gasteiger partial charge >= 0.3 is 0 Å². The second-order valence-electron chi connectivity index (χ2n) is 4.61. The molecule has 3 heteroatoms. The monoisotopic (exact) mass is 270 g/mol. The Kier molecular flexibility index (Phi) is 5.56. The molecule has 0 spiro atoms. The highest BCUT2D eigenvalue weighted by atomic mass is 16.5. The van der Waals surface area contributed by atoms with Crippen molar-refractivity contribution in [2.24, 2.45) is 0 Å².